The Kier molecular flexibility index (Phi) is 2.78. The molecule has 82 valence electrons. The van der Waals surface area contributed by atoms with Gasteiger partial charge in [0.05, 0.1) is 20.1 Å². The van der Waals surface area contributed by atoms with E-state index in [0.717, 1.165) is 6.42 Å². The van der Waals surface area contributed by atoms with E-state index in [-0.39, 0.29) is 23.7 Å². The first-order chi connectivity index (χ1) is 7.19. The Morgan fingerprint density at radius 3 is 2.33 bits per heavy atom. The summed E-state index contributed by atoms with van der Waals surface area (Å²) in [5.41, 5.74) is 0. The van der Waals surface area contributed by atoms with Crippen LogP contribution in [0, 0.1) is 23.7 Å². The van der Waals surface area contributed by atoms with Crippen LogP contribution in [0.15, 0.2) is 12.2 Å². The van der Waals surface area contributed by atoms with Crippen LogP contribution in [-0.2, 0) is 14.3 Å². The number of hydrogen-bond donors (Lipinski definition) is 0. The molecule has 0 radical (unpaired) electrons. The maximum atomic E-state index is 11.7. The van der Waals surface area contributed by atoms with Crippen LogP contribution in [0.3, 0.4) is 0 Å². The maximum Gasteiger partial charge on any atom is 0.310 e. The molecule has 1 fully saturated rings. The van der Waals surface area contributed by atoms with Crippen molar-refractivity contribution in [1.82, 2.24) is 0 Å². The van der Waals surface area contributed by atoms with Crippen LogP contribution in [0.4, 0.5) is 0 Å². The fourth-order valence-corrected chi connectivity index (χ4v) is 3.06. The number of methoxy groups -OCH3 is 2. The van der Waals surface area contributed by atoms with Gasteiger partial charge in [0.15, 0.2) is 5.05 Å². The molecule has 2 bridgehead atoms. The predicted octanol–water partition coefficient (Wildman–Crippen LogP) is 1.57. The van der Waals surface area contributed by atoms with Gasteiger partial charge in [-0.25, -0.2) is 0 Å². The van der Waals surface area contributed by atoms with Crippen LogP contribution in [0.5, 0.6) is 0 Å². The fraction of sp³-hybridized carbons (Fsp3) is 0.636. The van der Waals surface area contributed by atoms with Gasteiger partial charge in [-0.2, -0.15) is 0 Å². The summed E-state index contributed by atoms with van der Waals surface area (Å²) >= 11 is 5.16. The molecule has 0 heterocycles. The summed E-state index contributed by atoms with van der Waals surface area (Å²) in [7, 11) is 2.98. The average Bonchev–Trinajstić information content (AvgIpc) is 2.86. The van der Waals surface area contributed by atoms with E-state index < -0.39 is 0 Å². The van der Waals surface area contributed by atoms with Crippen molar-refractivity contribution in [1.29, 1.82) is 0 Å². The number of carbonyl (C=O) groups excluding carboxylic acids is 1. The molecule has 0 spiro atoms. The Morgan fingerprint density at radius 1 is 1.20 bits per heavy atom. The zero-order chi connectivity index (χ0) is 11.0. The number of allylic oxidation sites excluding steroid dienone is 2. The predicted molar refractivity (Wildman–Crippen MR) is 59.3 cm³/mol. The lowest BCUT2D eigenvalue weighted by Gasteiger charge is -2.25. The lowest BCUT2D eigenvalue weighted by molar-refractivity contribution is -0.147. The van der Waals surface area contributed by atoms with Crippen LogP contribution in [0.2, 0.25) is 0 Å². The summed E-state index contributed by atoms with van der Waals surface area (Å²) in [6, 6.07) is 0. The highest BCUT2D eigenvalue weighted by Crippen LogP contribution is 2.49. The maximum absolute atomic E-state index is 11.7. The third-order valence-electron chi connectivity index (χ3n) is 3.41. The number of rotatable bonds is 2. The second-order valence-corrected chi connectivity index (χ2v) is 4.45. The van der Waals surface area contributed by atoms with E-state index in [1.165, 1.54) is 7.11 Å². The van der Waals surface area contributed by atoms with Crippen molar-refractivity contribution in [3.63, 3.8) is 0 Å². The van der Waals surface area contributed by atoms with Gasteiger partial charge < -0.3 is 9.47 Å². The molecule has 2 aliphatic carbocycles. The van der Waals surface area contributed by atoms with E-state index in [0.29, 0.717) is 11.0 Å². The van der Waals surface area contributed by atoms with E-state index in [2.05, 4.69) is 12.2 Å². The summed E-state index contributed by atoms with van der Waals surface area (Å²) in [6.45, 7) is 0. The van der Waals surface area contributed by atoms with Crippen LogP contribution in [0.1, 0.15) is 6.42 Å². The van der Waals surface area contributed by atoms with Gasteiger partial charge in [-0.3, -0.25) is 4.79 Å². The van der Waals surface area contributed by atoms with Crippen molar-refractivity contribution < 1.29 is 14.3 Å². The molecule has 2 rings (SSSR count). The van der Waals surface area contributed by atoms with Crippen molar-refractivity contribution in [2.24, 2.45) is 23.7 Å². The molecule has 0 aromatic rings. The largest absolute Gasteiger partial charge is 0.490 e. The molecule has 0 aliphatic heterocycles. The lowest BCUT2D eigenvalue weighted by Crippen LogP contribution is -2.33. The van der Waals surface area contributed by atoms with Crippen molar-refractivity contribution in [3.05, 3.63) is 12.2 Å². The molecule has 3 nitrogen and oxygen atoms in total. The molecular formula is C11H14O3S. The standard InChI is InChI=1S/C11H14O3S/c1-13-10(12)8-6-3-4-7(5-6)9(8)11(15)14-2/h3-4,6-9H,5H2,1-2H3/t6-,7+,8+,9+/m0/s1. The molecule has 15 heavy (non-hydrogen) atoms. The minimum absolute atomic E-state index is 0.0208. The molecular weight excluding hydrogens is 212 g/mol. The molecule has 0 aromatic heterocycles. The normalized spacial score (nSPS) is 36.7. The van der Waals surface area contributed by atoms with Crippen molar-refractivity contribution >= 4 is 23.2 Å². The smallest absolute Gasteiger partial charge is 0.310 e. The summed E-state index contributed by atoms with van der Waals surface area (Å²) < 4.78 is 9.93. The third kappa shape index (κ3) is 1.57. The number of ether oxygens (including phenoxy) is 2. The van der Waals surface area contributed by atoms with Gasteiger partial charge in [0.2, 0.25) is 0 Å². The first-order valence-corrected chi connectivity index (χ1v) is 5.44. The number of hydrogen-bond acceptors (Lipinski definition) is 4. The van der Waals surface area contributed by atoms with Gasteiger partial charge in [0.1, 0.15) is 0 Å². The molecule has 0 aromatic carbocycles. The first kappa shape index (κ1) is 10.6. The minimum Gasteiger partial charge on any atom is -0.490 e. The molecule has 0 saturated heterocycles. The van der Waals surface area contributed by atoms with E-state index in [1.807, 2.05) is 0 Å². The quantitative estimate of drug-likeness (QED) is 0.407. The van der Waals surface area contributed by atoms with Gasteiger partial charge in [-0.05, 0) is 30.5 Å². The van der Waals surface area contributed by atoms with Crippen LogP contribution in [-0.4, -0.2) is 25.2 Å². The number of thiocarbonyl (C=S) groups is 1. The number of fused-ring (bicyclic) bond motifs is 2. The Labute approximate surface area is 94.4 Å². The monoisotopic (exact) mass is 226 g/mol. The van der Waals surface area contributed by atoms with Crippen LogP contribution in [0.25, 0.3) is 0 Å². The Balaban J connectivity index is 2.24. The van der Waals surface area contributed by atoms with Gasteiger partial charge in [0, 0.05) is 5.92 Å². The SMILES string of the molecule is COC(=O)[C@H]1[C@H](C(=S)OC)[C@@H]2C=C[C@H]1C2. The highest BCUT2D eigenvalue weighted by Gasteiger charge is 2.51. The van der Waals surface area contributed by atoms with Crippen molar-refractivity contribution in [3.8, 4) is 0 Å². The molecule has 1 saturated carbocycles. The molecule has 0 unspecified atom stereocenters. The topological polar surface area (TPSA) is 35.5 Å². The van der Waals surface area contributed by atoms with E-state index >= 15 is 0 Å². The molecule has 2 aliphatic rings. The van der Waals surface area contributed by atoms with E-state index in [1.54, 1.807) is 7.11 Å². The lowest BCUT2D eigenvalue weighted by atomic mass is 9.83. The minimum atomic E-state index is -0.170. The number of esters is 1. The van der Waals surface area contributed by atoms with E-state index in [9.17, 15) is 4.79 Å². The Hall–Kier alpha value is -0.900. The summed E-state index contributed by atoms with van der Waals surface area (Å²) in [5.74, 6) is 0.341. The third-order valence-corrected chi connectivity index (χ3v) is 3.84. The van der Waals surface area contributed by atoms with Gasteiger partial charge in [0.25, 0.3) is 0 Å². The van der Waals surface area contributed by atoms with Crippen LogP contribution < -0.4 is 0 Å². The summed E-state index contributed by atoms with van der Waals surface area (Å²) in [4.78, 5) is 11.7. The van der Waals surface area contributed by atoms with Gasteiger partial charge >= 0.3 is 5.97 Å². The van der Waals surface area contributed by atoms with Crippen LogP contribution >= 0.6 is 12.2 Å². The summed E-state index contributed by atoms with van der Waals surface area (Å²) in [5, 5.41) is 0.530. The molecule has 0 amide bonds. The average molecular weight is 226 g/mol. The molecule has 4 atom stereocenters. The van der Waals surface area contributed by atoms with E-state index in [4.69, 9.17) is 21.7 Å². The second-order valence-electron chi connectivity index (χ2n) is 4.05. The Morgan fingerprint density at radius 2 is 1.80 bits per heavy atom. The highest BCUT2D eigenvalue weighted by atomic mass is 32.1. The zero-order valence-corrected chi connectivity index (χ0v) is 9.62. The van der Waals surface area contributed by atoms with Gasteiger partial charge in [-0.15, -0.1) is 0 Å². The second kappa shape index (κ2) is 3.93. The molecule has 4 heteroatoms. The first-order valence-electron chi connectivity index (χ1n) is 5.03. The fourth-order valence-electron chi connectivity index (χ4n) is 2.74. The van der Waals surface area contributed by atoms with Crippen molar-refractivity contribution in [2.75, 3.05) is 14.2 Å². The Bertz CT molecular complexity index is 294. The highest BCUT2D eigenvalue weighted by molar-refractivity contribution is 7.80. The summed E-state index contributed by atoms with van der Waals surface area (Å²) in [6.07, 6.45) is 5.23. The zero-order valence-electron chi connectivity index (χ0n) is 8.80. The number of carbonyl (C=O) groups is 1. The van der Waals surface area contributed by atoms with Crippen molar-refractivity contribution in [2.45, 2.75) is 6.42 Å². The molecule has 0 N–H and O–H groups in total. The van der Waals surface area contributed by atoms with Gasteiger partial charge in [-0.1, -0.05) is 12.2 Å².